The minimum atomic E-state index is -0.627. The van der Waals surface area contributed by atoms with E-state index in [0.29, 0.717) is 11.3 Å². The third kappa shape index (κ3) is 5.59. The van der Waals surface area contributed by atoms with E-state index in [1.807, 2.05) is 6.07 Å². The highest BCUT2D eigenvalue weighted by atomic mass is 35.5. The van der Waals surface area contributed by atoms with E-state index in [4.69, 9.17) is 17.3 Å². The third-order valence-corrected chi connectivity index (χ3v) is 5.71. The number of carbonyl (C=O) groups is 2. The van der Waals surface area contributed by atoms with Gasteiger partial charge in [-0.15, -0.1) is 0 Å². The predicted octanol–water partition coefficient (Wildman–Crippen LogP) is 4.91. The summed E-state index contributed by atoms with van der Waals surface area (Å²) in [5, 5.41) is 16.8. The van der Waals surface area contributed by atoms with Crippen molar-refractivity contribution in [2.75, 3.05) is 11.1 Å². The Bertz CT molecular complexity index is 1420. The van der Waals surface area contributed by atoms with Crippen LogP contribution in [-0.4, -0.2) is 37.7 Å². The summed E-state index contributed by atoms with van der Waals surface area (Å²) in [4.78, 5) is 29.9. The number of rotatable bonds is 8. The monoisotopic (exact) mass is 507 g/mol. The number of ketones is 1. The zero-order valence-corrected chi connectivity index (χ0v) is 20.0. The Hall–Kier alpha value is -4.08. The number of carbonyl (C=O) groups excluding carboxylic acids is 2. The molecule has 1 amide bonds. The van der Waals surface area contributed by atoms with Gasteiger partial charge in [-0.2, -0.15) is 5.10 Å². The molecule has 2 aromatic heterocycles. The first kappa shape index (κ1) is 25.0. The van der Waals surface area contributed by atoms with E-state index in [0.717, 1.165) is 0 Å². The number of Topliss-reactive ketones (excluding diaryl/α,β-unsaturated/α-hetero) is 1. The van der Waals surface area contributed by atoms with Crippen molar-refractivity contribution >= 4 is 34.9 Å². The number of nitrogens with one attached hydrogen (secondary N) is 1. The summed E-state index contributed by atoms with van der Waals surface area (Å²) in [5.74, 6) is -1.09. The molecule has 2 heterocycles. The van der Waals surface area contributed by atoms with Crippen LogP contribution in [0.1, 0.15) is 40.6 Å². The Morgan fingerprint density at radius 1 is 1.14 bits per heavy atom. The molecule has 1 atom stereocenters. The number of amides is 1. The van der Waals surface area contributed by atoms with Crippen LogP contribution < -0.4 is 11.1 Å². The molecule has 8 nitrogen and oxygen atoms in total. The molecule has 0 unspecified atom stereocenters. The van der Waals surface area contributed by atoms with Gasteiger partial charge in [0, 0.05) is 18.1 Å². The number of para-hydroxylation sites is 1. The molecule has 10 heteroatoms. The van der Waals surface area contributed by atoms with Gasteiger partial charge in [-0.3, -0.25) is 9.59 Å². The Morgan fingerprint density at radius 2 is 1.89 bits per heavy atom. The minimum absolute atomic E-state index is 0.0129. The third-order valence-electron chi connectivity index (χ3n) is 5.38. The van der Waals surface area contributed by atoms with E-state index in [1.165, 1.54) is 41.1 Å². The maximum absolute atomic E-state index is 14.4. The molecule has 4 N–H and O–H groups in total. The molecule has 0 spiro atoms. The van der Waals surface area contributed by atoms with E-state index in [-0.39, 0.29) is 52.2 Å². The average molecular weight is 508 g/mol. The van der Waals surface area contributed by atoms with Crippen molar-refractivity contribution in [3.05, 3.63) is 88.8 Å². The lowest BCUT2D eigenvalue weighted by Gasteiger charge is -2.11. The van der Waals surface area contributed by atoms with Crippen molar-refractivity contribution < 1.29 is 19.1 Å². The number of nitrogens with zero attached hydrogens (tertiary/aromatic N) is 3. The van der Waals surface area contributed by atoms with Crippen LogP contribution in [0, 0.1) is 5.82 Å². The predicted molar refractivity (Wildman–Crippen MR) is 136 cm³/mol. The van der Waals surface area contributed by atoms with E-state index in [2.05, 4.69) is 15.4 Å². The maximum atomic E-state index is 14.4. The number of benzene rings is 2. The number of aliphatic hydroxyl groups is 1. The maximum Gasteiger partial charge on any atom is 0.258 e. The highest BCUT2D eigenvalue weighted by molar-refractivity contribution is 6.34. The summed E-state index contributed by atoms with van der Waals surface area (Å²) in [7, 11) is 0. The largest absolute Gasteiger partial charge is 0.393 e. The number of aromatic nitrogens is 3. The van der Waals surface area contributed by atoms with Gasteiger partial charge in [0.15, 0.2) is 5.78 Å². The number of halogens is 2. The van der Waals surface area contributed by atoms with Gasteiger partial charge in [0.2, 0.25) is 0 Å². The molecule has 0 aliphatic heterocycles. The van der Waals surface area contributed by atoms with Crippen LogP contribution in [0.5, 0.6) is 0 Å². The van der Waals surface area contributed by atoms with Gasteiger partial charge < -0.3 is 16.2 Å². The standard InChI is InChI=1S/C26H23ClFN5O3/c1-15(34)7-11-22(35)21-14-24(33(32-21)17-5-3-2-4-6-17)31-26(36)18-13-16(8-9-19(18)27)25-20(28)10-12-23(29)30-25/h2-6,8-10,12-15,34H,7,11H2,1H3,(H2,29,30)(H,31,36)/t15-/m0/s1. The summed E-state index contributed by atoms with van der Waals surface area (Å²) >= 11 is 6.30. The molecule has 2 aromatic carbocycles. The fourth-order valence-corrected chi connectivity index (χ4v) is 3.73. The second-order valence-corrected chi connectivity index (χ2v) is 8.60. The molecule has 184 valence electrons. The summed E-state index contributed by atoms with van der Waals surface area (Å²) in [6.45, 7) is 1.60. The summed E-state index contributed by atoms with van der Waals surface area (Å²) in [5.41, 5.74) is 6.83. The Labute approximate surface area is 211 Å². The van der Waals surface area contributed by atoms with Gasteiger partial charge in [0.05, 0.1) is 22.4 Å². The highest BCUT2D eigenvalue weighted by Gasteiger charge is 2.20. The van der Waals surface area contributed by atoms with E-state index in [1.54, 1.807) is 31.2 Å². The molecule has 36 heavy (non-hydrogen) atoms. The fraction of sp³-hybridized carbons (Fsp3) is 0.154. The van der Waals surface area contributed by atoms with Crippen LogP contribution in [0.15, 0.2) is 66.7 Å². The lowest BCUT2D eigenvalue weighted by atomic mass is 10.1. The molecule has 0 saturated carbocycles. The van der Waals surface area contributed by atoms with Crippen molar-refractivity contribution in [3.8, 4) is 16.9 Å². The van der Waals surface area contributed by atoms with Crippen LogP contribution in [0.2, 0.25) is 5.02 Å². The van der Waals surface area contributed by atoms with Gasteiger partial charge in [-0.1, -0.05) is 35.9 Å². The first-order chi connectivity index (χ1) is 17.2. The second kappa shape index (κ2) is 10.7. The molecule has 4 aromatic rings. The second-order valence-electron chi connectivity index (χ2n) is 8.19. The van der Waals surface area contributed by atoms with Gasteiger partial charge in [0.25, 0.3) is 5.91 Å². The van der Waals surface area contributed by atoms with E-state index >= 15 is 0 Å². The quantitative estimate of drug-likeness (QED) is 0.291. The molecular formula is C26H23ClFN5O3. The molecule has 0 fully saturated rings. The van der Waals surface area contributed by atoms with E-state index in [9.17, 15) is 19.1 Å². The minimum Gasteiger partial charge on any atom is -0.393 e. The Morgan fingerprint density at radius 3 is 2.61 bits per heavy atom. The highest BCUT2D eigenvalue weighted by Crippen LogP contribution is 2.28. The zero-order valence-electron chi connectivity index (χ0n) is 19.3. The molecule has 0 radical (unpaired) electrons. The van der Waals surface area contributed by atoms with Crippen LogP contribution in [0.3, 0.4) is 0 Å². The van der Waals surface area contributed by atoms with Gasteiger partial charge in [0.1, 0.15) is 28.8 Å². The molecule has 0 aliphatic carbocycles. The number of nitrogen functional groups attached to an aromatic ring is 1. The number of anilines is 2. The topological polar surface area (TPSA) is 123 Å². The zero-order chi connectivity index (χ0) is 25.8. The van der Waals surface area contributed by atoms with Crippen molar-refractivity contribution in [1.29, 1.82) is 0 Å². The first-order valence-electron chi connectivity index (χ1n) is 11.1. The SMILES string of the molecule is C[C@H](O)CCC(=O)c1cc(NC(=O)c2cc(-c3nc(N)ccc3F)ccc2Cl)n(-c2ccccc2)n1. The van der Waals surface area contributed by atoms with Crippen molar-refractivity contribution in [3.63, 3.8) is 0 Å². The first-order valence-corrected chi connectivity index (χ1v) is 11.5. The molecule has 0 saturated heterocycles. The number of aliphatic hydroxyl groups excluding tert-OH is 1. The smallest absolute Gasteiger partial charge is 0.258 e. The van der Waals surface area contributed by atoms with Gasteiger partial charge in [-0.25, -0.2) is 14.1 Å². The molecular weight excluding hydrogens is 485 g/mol. The lowest BCUT2D eigenvalue weighted by molar-refractivity contribution is 0.0943. The van der Waals surface area contributed by atoms with Crippen LogP contribution in [0.4, 0.5) is 16.0 Å². The van der Waals surface area contributed by atoms with Crippen LogP contribution in [0.25, 0.3) is 16.9 Å². The number of pyridine rings is 1. The lowest BCUT2D eigenvalue weighted by Crippen LogP contribution is -2.16. The summed E-state index contributed by atoms with van der Waals surface area (Å²) < 4.78 is 15.8. The summed E-state index contributed by atoms with van der Waals surface area (Å²) in [6.07, 6.45) is -0.239. The van der Waals surface area contributed by atoms with E-state index < -0.39 is 17.8 Å². The average Bonchev–Trinajstić information content (AvgIpc) is 3.28. The summed E-state index contributed by atoms with van der Waals surface area (Å²) in [6, 6.07) is 17.4. The number of nitrogens with two attached hydrogens (primary N) is 1. The normalized spacial score (nSPS) is 11.8. The fourth-order valence-electron chi connectivity index (χ4n) is 3.53. The van der Waals surface area contributed by atoms with Crippen molar-refractivity contribution in [2.24, 2.45) is 0 Å². The van der Waals surface area contributed by atoms with Crippen LogP contribution in [-0.2, 0) is 0 Å². The molecule has 0 bridgehead atoms. The Kier molecular flexibility index (Phi) is 7.42. The Balaban J connectivity index is 1.69. The van der Waals surface area contributed by atoms with Gasteiger partial charge >= 0.3 is 0 Å². The van der Waals surface area contributed by atoms with Crippen molar-refractivity contribution in [2.45, 2.75) is 25.9 Å². The van der Waals surface area contributed by atoms with Gasteiger partial charge in [-0.05, 0) is 49.7 Å². The number of hydrogen-bond donors (Lipinski definition) is 3. The number of hydrogen-bond acceptors (Lipinski definition) is 6. The molecule has 4 rings (SSSR count). The van der Waals surface area contributed by atoms with Crippen molar-refractivity contribution in [1.82, 2.24) is 14.8 Å². The van der Waals surface area contributed by atoms with Crippen LogP contribution >= 0.6 is 11.6 Å². The molecule has 0 aliphatic rings.